The summed E-state index contributed by atoms with van der Waals surface area (Å²) in [6.07, 6.45) is 0. The molecule has 0 aliphatic heterocycles. The Labute approximate surface area is 97.4 Å². The molecule has 6 heteroatoms. The lowest BCUT2D eigenvalue weighted by Gasteiger charge is -1.95. The Bertz CT molecular complexity index is 382. The highest BCUT2D eigenvalue weighted by Crippen LogP contribution is 2.08. The Morgan fingerprint density at radius 1 is 1.06 bits per heavy atom. The maximum absolute atomic E-state index is 10.5. The third-order valence-corrected chi connectivity index (χ3v) is 2.19. The van der Waals surface area contributed by atoms with Crippen LogP contribution in [0.2, 0.25) is 0 Å². The lowest BCUT2D eigenvalue weighted by molar-refractivity contribution is 0.483. The first-order valence-electron chi connectivity index (χ1n) is 4.38. The molecule has 5 nitrogen and oxygen atoms in total. The maximum atomic E-state index is 10.5. The lowest BCUT2D eigenvalue weighted by atomic mass is 10.2. The van der Waals surface area contributed by atoms with Crippen LogP contribution in [-0.4, -0.2) is 39.0 Å². The zero-order valence-electron chi connectivity index (χ0n) is 10.1. The third-order valence-electron chi connectivity index (χ3n) is 1.32. The molecule has 0 bridgehead atoms. The molecule has 1 rings (SSSR count). The van der Waals surface area contributed by atoms with Crippen molar-refractivity contribution in [2.24, 2.45) is 0 Å². The number of hydrogen-bond donors (Lipinski definition) is 2. The number of aryl methyl sites for hydroxylation is 1. The molecule has 0 aromatic heterocycles. The smallest absolute Gasteiger partial charge is 0.294 e. The zero-order valence-corrected chi connectivity index (χ0v) is 11.0. The van der Waals surface area contributed by atoms with Crippen LogP contribution in [0.4, 0.5) is 0 Å². The summed E-state index contributed by atoms with van der Waals surface area (Å²) < 4.78 is 29.6. The first-order chi connectivity index (χ1) is 6.73. The highest BCUT2D eigenvalue weighted by atomic mass is 32.2. The summed E-state index contributed by atoms with van der Waals surface area (Å²) in [5.41, 5.74) is 0.956. The summed E-state index contributed by atoms with van der Waals surface area (Å²) in [7, 11) is 1.98. The molecule has 0 fully saturated rings. The van der Waals surface area contributed by atoms with Gasteiger partial charge in [-0.15, -0.1) is 0 Å². The number of hydrogen-bond acceptors (Lipinski definition) is 4. The van der Waals surface area contributed by atoms with Crippen molar-refractivity contribution in [1.29, 1.82) is 0 Å². The average molecular weight is 248 g/mol. The predicted octanol–water partition coefficient (Wildman–Crippen LogP) is 1.58. The fraction of sp³-hybridized carbons (Fsp3) is 0.400. The van der Waals surface area contributed by atoms with Crippen LogP contribution in [0.15, 0.2) is 29.2 Å². The summed E-state index contributed by atoms with van der Waals surface area (Å²) in [6, 6.07) is 5.99. The minimum Gasteiger partial charge on any atom is -0.344 e. The van der Waals surface area contributed by atoms with E-state index in [0.717, 1.165) is 5.56 Å². The third kappa shape index (κ3) is 8.37. The van der Waals surface area contributed by atoms with Crippen LogP contribution in [0.1, 0.15) is 5.56 Å². The Morgan fingerprint density at radius 2 is 1.38 bits per heavy atom. The van der Waals surface area contributed by atoms with Crippen LogP contribution in [-0.2, 0) is 10.1 Å². The van der Waals surface area contributed by atoms with E-state index in [9.17, 15) is 8.42 Å². The van der Waals surface area contributed by atoms with E-state index in [1.807, 2.05) is 33.0 Å². The second-order valence-electron chi connectivity index (χ2n) is 3.63. The molecule has 0 radical (unpaired) electrons. The van der Waals surface area contributed by atoms with Gasteiger partial charge in [0.15, 0.2) is 0 Å². The molecule has 0 aliphatic carbocycles. The fourth-order valence-electron chi connectivity index (χ4n) is 0.710. The van der Waals surface area contributed by atoms with Crippen LogP contribution in [0.3, 0.4) is 0 Å². The highest BCUT2D eigenvalue weighted by Gasteiger charge is 2.06. The lowest BCUT2D eigenvalue weighted by Crippen LogP contribution is -1.99. The first-order valence-corrected chi connectivity index (χ1v) is 5.82. The number of nitrogens with zero attached hydrogens (tertiary/aromatic N) is 1. The van der Waals surface area contributed by atoms with Gasteiger partial charge >= 0.3 is 0 Å². The standard InChI is InChI=1S/C7H8O3S.C3H9N.H3N/c1-6-2-4-7(5-3-6)11(8,9)10;1-4(2)3;/h2-5H,1H3,(H,8,9,10);1-3H3;1H3. The molecule has 94 valence electrons. The monoisotopic (exact) mass is 248 g/mol. The van der Waals surface area contributed by atoms with Gasteiger partial charge in [-0.05, 0) is 40.2 Å². The summed E-state index contributed by atoms with van der Waals surface area (Å²) in [5.74, 6) is 0. The van der Waals surface area contributed by atoms with Crippen molar-refractivity contribution < 1.29 is 13.0 Å². The second-order valence-corrected chi connectivity index (χ2v) is 5.05. The van der Waals surface area contributed by atoms with Crippen LogP contribution in [0.25, 0.3) is 0 Å². The SMILES string of the molecule is CN(C)C.Cc1ccc(S(=O)(=O)O)cc1.N. The molecule has 0 spiro atoms. The molecule has 1 aromatic carbocycles. The maximum Gasteiger partial charge on any atom is 0.294 e. The molecule has 0 saturated carbocycles. The Hall–Kier alpha value is -0.950. The molecule has 0 unspecified atom stereocenters. The molecule has 0 heterocycles. The van der Waals surface area contributed by atoms with Gasteiger partial charge in [-0.1, -0.05) is 17.7 Å². The van der Waals surface area contributed by atoms with Crippen molar-refractivity contribution in [2.45, 2.75) is 11.8 Å². The Balaban J connectivity index is 0. The van der Waals surface area contributed by atoms with Gasteiger partial charge in [-0.25, -0.2) is 0 Å². The van der Waals surface area contributed by atoms with Crippen LogP contribution in [0, 0.1) is 6.92 Å². The highest BCUT2D eigenvalue weighted by molar-refractivity contribution is 7.85. The Kier molecular flexibility index (Phi) is 8.01. The van der Waals surface area contributed by atoms with Gasteiger partial charge in [0.25, 0.3) is 10.1 Å². The fourth-order valence-corrected chi connectivity index (χ4v) is 1.19. The number of rotatable bonds is 1. The first kappa shape index (κ1) is 17.4. The summed E-state index contributed by atoms with van der Waals surface area (Å²) in [4.78, 5) is 1.93. The topological polar surface area (TPSA) is 92.6 Å². The van der Waals surface area contributed by atoms with E-state index >= 15 is 0 Å². The quantitative estimate of drug-likeness (QED) is 0.736. The molecule has 0 aliphatic rings. The average Bonchev–Trinajstić information content (AvgIpc) is 2.01. The molecule has 4 N–H and O–H groups in total. The summed E-state index contributed by atoms with van der Waals surface area (Å²) >= 11 is 0. The largest absolute Gasteiger partial charge is 0.344 e. The predicted molar refractivity (Wildman–Crippen MR) is 65.6 cm³/mol. The van der Waals surface area contributed by atoms with Crippen LogP contribution < -0.4 is 6.15 Å². The summed E-state index contributed by atoms with van der Waals surface area (Å²) in [5, 5.41) is 0. The summed E-state index contributed by atoms with van der Waals surface area (Å²) in [6.45, 7) is 1.84. The molecular weight excluding hydrogens is 228 g/mol. The minimum absolute atomic E-state index is 0. The van der Waals surface area contributed by atoms with E-state index in [1.165, 1.54) is 12.1 Å². The van der Waals surface area contributed by atoms with E-state index in [1.54, 1.807) is 12.1 Å². The van der Waals surface area contributed by atoms with Crippen LogP contribution >= 0.6 is 0 Å². The van der Waals surface area contributed by atoms with Crippen LogP contribution in [0.5, 0.6) is 0 Å². The molecule has 1 aromatic rings. The van der Waals surface area contributed by atoms with E-state index < -0.39 is 10.1 Å². The van der Waals surface area contributed by atoms with Gasteiger partial charge in [0.2, 0.25) is 0 Å². The van der Waals surface area contributed by atoms with E-state index in [4.69, 9.17) is 4.55 Å². The molecule has 0 amide bonds. The van der Waals surface area contributed by atoms with Crippen molar-refractivity contribution in [2.75, 3.05) is 21.1 Å². The second kappa shape index (κ2) is 7.34. The van der Waals surface area contributed by atoms with Gasteiger partial charge in [-0.3, -0.25) is 4.55 Å². The van der Waals surface area contributed by atoms with Crippen molar-refractivity contribution in [3.05, 3.63) is 29.8 Å². The number of benzene rings is 1. The molecule has 16 heavy (non-hydrogen) atoms. The van der Waals surface area contributed by atoms with E-state index in [0.29, 0.717) is 0 Å². The minimum atomic E-state index is -4.02. The van der Waals surface area contributed by atoms with Crippen molar-refractivity contribution in [1.82, 2.24) is 11.1 Å². The van der Waals surface area contributed by atoms with Gasteiger partial charge in [0, 0.05) is 0 Å². The molecular formula is C10H20N2O3S. The van der Waals surface area contributed by atoms with E-state index in [-0.39, 0.29) is 11.0 Å². The Morgan fingerprint density at radius 3 is 1.62 bits per heavy atom. The van der Waals surface area contributed by atoms with Gasteiger partial charge in [0.1, 0.15) is 0 Å². The van der Waals surface area contributed by atoms with Crippen molar-refractivity contribution in [3.8, 4) is 0 Å². The molecule has 0 atom stereocenters. The normalized spacial score (nSPS) is 10.1. The molecule has 0 saturated heterocycles. The van der Waals surface area contributed by atoms with Crippen molar-refractivity contribution in [3.63, 3.8) is 0 Å². The zero-order chi connectivity index (χ0) is 12.1. The van der Waals surface area contributed by atoms with Crippen molar-refractivity contribution >= 4 is 10.1 Å². The van der Waals surface area contributed by atoms with Gasteiger partial charge < -0.3 is 11.1 Å². The van der Waals surface area contributed by atoms with E-state index in [2.05, 4.69) is 0 Å². The van der Waals surface area contributed by atoms with Gasteiger partial charge in [-0.2, -0.15) is 8.42 Å². The van der Waals surface area contributed by atoms with Gasteiger partial charge in [0.05, 0.1) is 4.90 Å².